The van der Waals surface area contributed by atoms with E-state index in [1.54, 1.807) is 14.2 Å². The third kappa shape index (κ3) is 4.98. The van der Waals surface area contributed by atoms with Crippen LogP contribution in [-0.4, -0.2) is 37.5 Å². The Morgan fingerprint density at radius 2 is 2.10 bits per heavy atom. The summed E-state index contributed by atoms with van der Waals surface area (Å²) in [6, 6.07) is 5.40. The normalized spacial score (nSPS) is 11.6. The van der Waals surface area contributed by atoms with Crippen LogP contribution < -0.4 is 15.8 Å². The number of urea groups is 1. The number of nitrogens with two attached hydrogens (primary N) is 1. The second kappa shape index (κ2) is 7.52. The minimum absolute atomic E-state index is 0.141. The molecule has 0 unspecified atom stereocenters. The molecule has 0 aliphatic rings. The van der Waals surface area contributed by atoms with Gasteiger partial charge in [0.05, 0.1) is 13.2 Å². The van der Waals surface area contributed by atoms with Gasteiger partial charge in [0.25, 0.3) is 0 Å². The van der Waals surface area contributed by atoms with Crippen LogP contribution in [0.5, 0.6) is 5.75 Å². The van der Waals surface area contributed by atoms with Gasteiger partial charge < -0.3 is 20.7 Å². The molecular weight excluding hydrogens is 270 g/mol. The highest BCUT2D eigenvalue weighted by atomic mass is 16.5. The van der Waals surface area contributed by atoms with Gasteiger partial charge >= 0.3 is 6.03 Å². The summed E-state index contributed by atoms with van der Waals surface area (Å²) in [5, 5.41) is 2.88. The van der Waals surface area contributed by atoms with Crippen LogP contribution in [0.3, 0.4) is 0 Å². The summed E-state index contributed by atoms with van der Waals surface area (Å²) in [6.45, 7) is 4.16. The highest BCUT2D eigenvalue weighted by Crippen LogP contribution is 2.22. The van der Waals surface area contributed by atoms with Crippen LogP contribution in [0.25, 0.3) is 0 Å². The van der Waals surface area contributed by atoms with Crippen LogP contribution in [0.1, 0.15) is 30.5 Å². The molecule has 1 aromatic carbocycles. The zero-order valence-electron chi connectivity index (χ0n) is 13.0. The van der Waals surface area contributed by atoms with E-state index in [0.29, 0.717) is 6.54 Å². The second-order valence-electron chi connectivity index (χ2n) is 5.04. The largest absolute Gasteiger partial charge is 0.496 e. The summed E-state index contributed by atoms with van der Waals surface area (Å²) in [7, 11) is 3.26. The van der Waals surface area contributed by atoms with Gasteiger partial charge in [-0.1, -0.05) is 12.1 Å². The van der Waals surface area contributed by atoms with E-state index in [-0.39, 0.29) is 18.5 Å². The van der Waals surface area contributed by atoms with Crippen LogP contribution in [-0.2, 0) is 4.79 Å². The number of carbonyl (C=O) groups is 2. The van der Waals surface area contributed by atoms with Crippen molar-refractivity contribution in [2.75, 3.05) is 20.7 Å². The van der Waals surface area contributed by atoms with Gasteiger partial charge in [0.15, 0.2) is 0 Å². The van der Waals surface area contributed by atoms with Crippen molar-refractivity contribution in [3.63, 3.8) is 0 Å². The van der Waals surface area contributed by atoms with Crippen molar-refractivity contribution in [1.29, 1.82) is 0 Å². The van der Waals surface area contributed by atoms with Crippen molar-refractivity contribution in [2.24, 2.45) is 5.73 Å². The fourth-order valence-corrected chi connectivity index (χ4v) is 1.93. The Hall–Kier alpha value is -2.24. The molecule has 0 aliphatic carbocycles. The maximum absolute atomic E-state index is 12.0. The first-order valence-electron chi connectivity index (χ1n) is 6.79. The van der Waals surface area contributed by atoms with Gasteiger partial charge in [-0.25, -0.2) is 4.79 Å². The van der Waals surface area contributed by atoms with E-state index in [1.165, 1.54) is 4.90 Å². The number of amides is 3. The van der Waals surface area contributed by atoms with Crippen LogP contribution in [0.2, 0.25) is 0 Å². The predicted octanol–water partition coefficient (Wildman–Crippen LogP) is 1.58. The highest BCUT2D eigenvalue weighted by Gasteiger charge is 2.14. The highest BCUT2D eigenvalue weighted by molar-refractivity contribution is 5.77. The molecule has 1 rings (SSSR count). The predicted molar refractivity (Wildman–Crippen MR) is 81.1 cm³/mol. The zero-order chi connectivity index (χ0) is 16.0. The standard InChI is InChI=1S/C15H23N3O3/c1-10-9-12(5-6-13(10)21-4)11(2)17-15(20)18(3)8-7-14(16)19/h5-6,9,11H,7-8H2,1-4H3,(H2,16,19)(H,17,20)/t11-/m1/s1. The van der Waals surface area contributed by atoms with E-state index >= 15 is 0 Å². The molecule has 1 aromatic rings. The Labute approximate surface area is 125 Å². The Balaban J connectivity index is 2.63. The first kappa shape index (κ1) is 16.8. The lowest BCUT2D eigenvalue weighted by atomic mass is 10.1. The molecule has 0 saturated carbocycles. The summed E-state index contributed by atoms with van der Waals surface area (Å²) >= 11 is 0. The summed E-state index contributed by atoms with van der Waals surface area (Å²) < 4.78 is 5.21. The van der Waals surface area contributed by atoms with Gasteiger partial charge in [0.2, 0.25) is 5.91 Å². The Morgan fingerprint density at radius 3 is 2.62 bits per heavy atom. The van der Waals surface area contributed by atoms with Crippen LogP contribution in [0.15, 0.2) is 18.2 Å². The lowest BCUT2D eigenvalue weighted by Gasteiger charge is -2.21. The number of methoxy groups -OCH3 is 1. The monoisotopic (exact) mass is 293 g/mol. The number of nitrogens with one attached hydrogen (secondary N) is 1. The number of primary amides is 1. The topological polar surface area (TPSA) is 84.7 Å². The molecule has 0 saturated heterocycles. The zero-order valence-corrected chi connectivity index (χ0v) is 13.0. The van der Waals surface area contributed by atoms with Crippen molar-refractivity contribution in [3.05, 3.63) is 29.3 Å². The number of nitrogens with zero attached hydrogens (tertiary/aromatic N) is 1. The molecule has 21 heavy (non-hydrogen) atoms. The van der Waals surface area contributed by atoms with Gasteiger partial charge in [0.1, 0.15) is 5.75 Å². The Morgan fingerprint density at radius 1 is 1.43 bits per heavy atom. The molecule has 0 aromatic heterocycles. The lowest BCUT2D eigenvalue weighted by molar-refractivity contribution is -0.118. The molecule has 6 heteroatoms. The van der Waals surface area contributed by atoms with Gasteiger partial charge in [-0.15, -0.1) is 0 Å². The number of hydrogen-bond acceptors (Lipinski definition) is 3. The number of ether oxygens (including phenoxy) is 1. The molecule has 6 nitrogen and oxygen atoms in total. The minimum Gasteiger partial charge on any atom is -0.496 e. The minimum atomic E-state index is -0.423. The molecule has 0 heterocycles. The summed E-state index contributed by atoms with van der Waals surface area (Å²) in [6.07, 6.45) is 0.153. The molecule has 0 bridgehead atoms. The molecule has 0 spiro atoms. The van der Waals surface area contributed by atoms with E-state index < -0.39 is 5.91 Å². The fraction of sp³-hybridized carbons (Fsp3) is 0.467. The summed E-state index contributed by atoms with van der Waals surface area (Å²) in [5.41, 5.74) is 7.07. The van der Waals surface area contributed by atoms with Gasteiger partial charge in [-0.3, -0.25) is 4.79 Å². The van der Waals surface area contributed by atoms with Gasteiger partial charge in [0, 0.05) is 20.0 Å². The molecule has 0 aliphatic heterocycles. The molecule has 3 amide bonds. The molecule has 116 valence electrons. The van der Waals surface area contributed by atoms with Crippen LogP contribution in [0, 0.1) is 6.92 Å². The average Bonchev–Trinajstić information content (AvgIpc) is 2.44. The fourth-order valence-electron chi connectivity index (χ4n) is 1.93. The maximum atomic E-state index is 12.0. The van der Waals surface area contributed by atoms with E-state index in [2.05, 4.69) is 5.32 Å². The van der Waals surface area contributed by atoms with Crippen molar-refractivity contribution in [1.82, 2.24) is 10.2 Å². The Bertz CT molecular complexity index is 517. The maximum Gasteiger partial charge on any atom is 0.317 e. The number of carbonyl (C=O) groups excluding carboxylic acids is 2. The first-order chi connectivity index (χ1) is 9.85. The molecular formula is C15H23N3O3. The third-order valence-corrected chi connectivity index (χ3v) is 3.30. The number of rotatable bonds is 6. The van der Waals surface area contributed by atoms with E-state index in [4.69, 9.17) is 10.5 Å². The summed E-state index contributed by atoms with van der Waals surface area (Å²) in [5.74, 6) is 0.393. The van der Waals surface area contributed by atoms with Gasteiger partial charge in [-0.2, -0.15) is 0 Å². The lowest BCUT2D eigenvalue weighted by Crippen LogP contribution is -2.40. The number of benzene rings is 1. The van der Waals surface area contributed by atoms with Gasteiger partial charge in [-0.05, 0) is 31.0 Å². The number of hydrogen-bond donors (Lipinski definition) is 2. The van der Waals surface area contributed by atoms with Crippen LogP contribution in [0.4, 0.5) is 4.79 Å². The van der Waals surface area contributed by atoms with Crippen molar-refractivity contribution in [2.45, 2.75) is 26.3 Å². The quantitative estimate of drug-likeness (QED) is 0.835. The Kier molecular flexibility index (Phi) is 6.02. The smallest absolute Gasteiger partial charge is 0.317 e. The van der Waals surface area contributed by atoms with Crippen molar-refractivity contribution < 1.29 is 14.3 Å². The van der Waals surface area contributed by atoms with E-state index in [9.17, 15) is 9.59 Å². The molecule has 0 radical (unpaired) electrons. The third-order valence-electron chi connectivity index (χ3n) is 3.30. The first-order valence-corrected chi connectivity index (χ1v) is 6.79. The average molecular weight is 293 g/mol. The second-order valence-corrected chi connectivity index (χ2v) is 5.04. The molecule has 1 atom stereocenters. The van der Waals surface area contributed by atoms with Crippen molar-refractivity contribution >= 4 is 11.9 Å². The molecule has 0 fully saturated rings. The number of aryl methyl sites for hydroxylation is 1. The van der Waals surface area contributed by atoms with E-state index in [1.807, 2.05) is 32.0 Å². The van der Waals surface area contributed by atoms with Crippen molar-refractivity contribution in [3.8, 4) is 5.75 Å². The van der Waals surface area contributed by atoms with Crippen LogP contribution >= 0.6 is 0 Å². The SMILES string of the molecule is COc1ccc([C@@H](C)NC(=O)N(C)CCC(N)=O)cc1C. The molecule has 3 N–H and O–H groups in total. The van der Waals surface area contributed by atoms with E-state index in [0.717, 1.165) is 16.9 Å². The summed E-state index contributed by atoms with van der Waals surface area (Å²) in [4.78, 5) is 24.1.